The second-order valence-corrected chi connectivity index (χ2v) is 5.66. The monoisotopic (exact) mass is 324 g/mol. The molecule has 1 aliphatic rings. The van der Waals surface area contributed by atoms with E-state index in [9.17, 15) is 9.59 Å². The van der Waals surface area contributed by atoms with E-state index in [1.165, 1.54) is 0 Å². The number of hydrogen-bond donors (Lipinski definition) is 2. The standard InChI is InChI=1S/C19H20N2O3/c1-2-24-19(23)18(13-6-4-3-5-7-13)20-15-9-10-16-14(12-15)8-11-17(22)21-16/h3-7,9-10,12,18,20H,2,8,11H2,1H3,(H,21,22)/t18-/m1/s1. The highest BCUT2D eigenvalue weighted by Gasteiger charge is 2.22. The summed E-state index contributed by atoms with van der Waals surface area (Å²) in [6.07, 6.45) is 1.18. The molecule has 5 heteroatoms. The van der Waals surface area contributed by atoms with Crippen LogP contribution in [-0.2, 0) is 20.7 Å². The minimum atomic E-state index is -0.567. The van der Waals surface area contributed by atoms with Gasteiger partial charge < -0.3 is 15.4 Å². The summed E-state index contributed by atoms with van der Waals surface area (Å²) in [7, 11) is 0. The van der Waals surface area contributed by atoms with Crippen LogP contribution in [0.25, 0.3) is 0 Å². The van der Waals surface area contributed by atoms with E-state index >= 15 is 0 Å². The van der Waals surface area contributed by atoms with E-state index in [0.717, 1.165) is 22.5 Å². The molecule has 1 amide bonds. The molecule has 0 fully saturated rings. The van der Waals surface area contributed by atoms with Crippen LogP contribution in [0.4, 0.5) is 11.4 Å². The van der Waals surface area contributed by atoms with Crippen molar-refractivity contribution in [1.82, 2.24) is 0 Å². The first-order valence-corrected chi connectivity index (χ1v) is 8.08. The van der Waals surface area contributed by atoms with Crippen molar-refractivity contribution in [3.8, 4) is 0 Å². The van der Waals surface area contributed by atoms with Crippen LogP contribution in [-0.4, -0.2) is 18.5 Å². The fourth-order valence-corrected chi connectivity index (χ4v) is 2.79. The first kappa shape index (κ1) is 16.1. The lowest BCUT2D eigenvalue weighted by atomic mass is 10.0. The van der Waals surface area contributed by atoms with E-state index in [1.807, 2.05) is 48.5 Å². The van der Waals surface area contributed by atoms with E-state index < -0.39 is 6.04 Å². The zero-order valence-corrected chi connectivity index (χ0v) is 13.5. The van der Waals surface area contributed by atoms with E-state index in [0.29, 0.717) is 19.4 Å². The largest absolute Gasteiger partial charge is 0.464 e. The number of esters is 1. The molecule has 0 unspecified atom stereocenters. The Hall–Kier alpha value is -2.82. The summed E-state index contributed by atoms with van der Waals surface area (Å²) in [6.45, 7) is 2.13. The summed E-state index contributed by atoms with van der Waals surface area (Å²) < 4.78 is 5.20. The molecule has 0 radical (unpaired) electrons. The van der Waals surface area contributed by atoms with Gasteiger partial charge in [-0.05, 0) is 42.7 Å². The molecule has 2 N–H and O–H groups in total. The van der Waals surface area contributed by atoms with Gasteiger partial charge in [-0.25, -0.2) is 4.79 Å². The van der Waals surface area contributed by atoms with Crippen molar-refractivity contribution in [3.05, 3.63) is 59.7 Å². The predicted octanol–water partition coefficient (Wildman–Crippen LogP) is 3.29. The number of hydrogen-bond acceptors (Lipinski definition) is 4. The molecule has 1 heterocycles. The van der Waals surface area contributed by atoms with Gasteiger partial charge in [0.2, 0.25) is 5.91 Å². The van der Waals surface area contributed by atoms with Crippen LogP contribution in [0.3, 0.4) is 0 Å². The summed E-state index contributed by atoms with van der Waals surface area (Å²) >= 11 is 0. The van der Waals surface area contributed by atoms with Gasteiger partial charge in [-0.3, -0.25) is 4.79 Å². The van der Waals surface area contributed by atoms with Gasteiger partial charge in [-0.1, -0.05) is 30.3 Å². The number of ether oxygens (including phenoxy) is 1. The molecule has 0 saturated heterocycles. The van der Waals surface area contributed by atoms with E-state index in [4.69, 9.17) is 4.74 Å². The molecule has 3 rings (SSSR count). The van der Waals surface area contributed by atoms with Crippen molar-refractivity contribution in [2.45, 2.75) is 25.8 Å². The van der Waals surface area contributed by atoms with Crippen LogP contribution < -0.4 is 10.6 Å². The number of aryl methyl sites for hydroxylation is 1. The van der Waals surface area contributed by atoms with E-state index in [2.05, 4.69) is 10.6 Å². The molecule has 0 spiro atoms. The summed E-state index contributed by atoms with van der Waals surface area (Å²) in [4.78, 5) is 23.8. The third-order valence-electron chi connectivity index (χ3n) is 3.97. The molecule has 0 saturated carbocycles. The maximum absolute atomic E-state index is 12.3. The van der Waals surface area contributed by atoms with Crippen LogP contribution in [0, 0.1) is 0 Å². The van der Waals surface area contributed by atoms with Crippen LogP contribution in [0.15, 0.2) is 48.5 Å². The van der Waals surface area contributed by atoms with Crippen molar-refractivity contribution in [1.29, 1.82) is 0 Å². The number of carbonyl (C=O) groups excluding carboxylic acids is 2. The van der Waals surface area contributed by atoms with Crippen LogP contribution in [0.1, 0.15) is 30.5 Å². The Labute approximate surface area is 141 Å². The van der Waals surface area contributed by atoms with Gasteiger partial charge in [-0.2, -0.15) is 0 Å². The Bertz CT molecular complexity index is 744. The zero-order chi connectivity index (χ0) is 16.9. The van der Waals surface area contributed by atoms with Crippen molar-refractivity contribution in [3.63, 3.8) is 0 Å². The van der Waals surface area contributed by atoms with E-state index in [-0.39, 0.29) is 11.9 Å². The average Bonchev–Trinajstić information content (AvgIpc) is 2.60. The summed E-state index contributed by atoms with van der Waals surface area (Å²) in [6, 6.07) is 14.6. The van der Waals surface area contributed by atoms with Crippen molar-refractivity contribution >= 4 is 23.3 Å². The lowest BCUT2D eigenvalue weighted by Gasteiger charge is -2.21. The Morgan fingerprint density at radius 2 is 2.00 bits per heavy atom. The van der Waals surface area contributed by atoms with Gasteiger partial charge >= 0.3 is 5.97 Å². The van der Waals surface area contributed by atoms with Gasteiger partial charge in [0.25, 0.3) is 0 Å². The molecule has 0 aliphatic carbocycles. The highest BCUT2D eigenvalue weighted by atomic mass is 16.5. The third-order valence-corrected chi connectivity index (χ3v) is 3.97. The van der Waals surface area contributed by atoms with Crippen molar-refractivity contribution < 1.29 is 14.3 Å². The van der Waals surface area contributed by atoms with Crippen molar-refractivity contribution in [2.24, 2.45) is 0 Å². The Balaban J connectivity index is 1.85. The topological polar surface area (TPSA) is 67.4 Å². The number of anilines is 2. The second kappa shape index (κ2) is 7.17. The summed E-state index contributed by atoms with van der Waals surface area (Å²) in [5.41, 5.74) is 3.58. The maximum atomic E-state index is 12.3. The van der Waals surface area contributed by atoms with Gasteiger partial charge in [0.1, 0.15) is 0 Å². The van der Waals surface area contributed by atoms with Gasteiger partial charge in [0.05, 0.1) is 6.61 Å². The van der Waals surface area contributed by atoms with Crippen LogP contribution >= 0.6 is 0 Å². The number of fused-ring (bicyclic) bond motifs is 1. The summed E-state index contributed by atoms with van der Waals surface area (Å²) in [5.74, 6) is -0.272. The average molecular weight is 324 g/mol. The zero-order valence-electron chi connectivity index (χ0n) is 13.5. The summed E-state index contributed by atoms with van der Waals surface area (Å²) in [5, 5.41) is 6.11. The maximum Gasteiger partial charge on any atom is 0.333 e. The predicted molar refractivity (Wildman–Crippen MR) is 92.8 cm³/mol. The number of nitrogens with one attached hydrogen (secondary N) is 2. The number of amides is 1. The molecule has 2 aromatic rings. The number of benzene rings is 2. The Morgan fingerprint density at radius 1 is 1.21 bits per heavy atom. The van der Waals surface area contributed by atoms with Crippen LogP contribution in [0.2, 0.25) is 0 Å². The lowest BCUT2D eigenvalue weighted by molar-refractivity contribution is -0.144. The lowest BCUT2D eigenvalue weighted by Crippen LogP contribution is -2.24. The molecule has 5 nitrogen and oxygen atoms in total. The van der Waals surface area contributed by atoms with Gasteiger partial charge in [-0.15, -0.1) is 0 Å². The fraction of sp³-hybridized carbons (Fsp3) is 0.263. The molecule has 1 aliphatic heterocycles. The molecule has 124 valence electrons. The fourth-order valence-electron chi connectivity index (χ4n) is 2.79. The smallest absolute Gasteiger partial charge is 0.333 e. The van der Waals surface area contributed by atoms with E-state index in [1.54, 1.807) is 6.92 Å². The quantitative estimate of drug-likeness (QED) is 0.828. The molecular formula is C19H20N2O3. The molecule has 24 heavy (non-hydrogen) atoms. The Morgan fingerprint density at radius 3 is 2.75 bits per heavy atom. The molecular weight excluding hydrogens is 304 g/mol. The van der Waals surface area contributed by atoms with Gasteiger partial charge in [0, 0.05) is 17.8 Å². The first-order chi connectivity index (χ1) is 11.7. The molecule has 1 atom stereocenters. The number of carbonyl (C=O) groups is 2. The second-order valence-electron chi connectivity index (χ2n) is 5.66. The molecule has 0 bridgehead atoms. The highest BCUT2D eigenvalue weighted by molar-refractivity contribution is 5.94. The van der Waals surface area contributed by atoms with Crippen LogP contribution in [0.5, 0.6) is 0 Å². The normalized spacial score (nSPS) is 14.3. The number of rotatable bonds is 5. The molecule has 2 aromatic carbocycles. The first-order valence-electron chi connectivity index (χ1n) is 8.08. The SMILES string of the molecule is CCOC(=O)[C@H](Nc1ccc2c(c1)CCC(=O)N2)c1ccccc1. The molecule has 0 aromatic heterocycles. The van der Waals surface area contributed by atoms with Gasteiger partial charge in [0.15, 0.2) is 6.04 Å². The highest BCUT2D eigenvalue weighted by Crippen LogP contribution is 2.28. The third kappa shape index (κ3) is 3.56. The Kier molecular flexibility index (Phi) is 4.79. The minimum absolute atomic E-state index is 0.0388. The minimum Gasteiger partial charge on any atom is -0.464 e. The van der Waals surface area contributed by atoms with Crippen molar-refractivity contribution in [2.75, 3.05) is 17.2 Å².